The van der Waals surface area contributed by atoms with Crippen LogP contribution in [0.2, 0.25) is 5.02 Å². The van der Waals surface area contributed by atoms with Gasteiger partial charge in [0.1, 0.15) is 5.60 Å². The van der Waals surface area contributed by atoms with Crippen molar-refractivity contribution in [2.75, 3.05) is 6.54 Å². The normalized spacial score (nSPS) is 16.9. The molecule has 5 heteroatoms. The molecule has 1 aromatic rings. The summed E-state index contributed by atoms with van der Waals surface area (Å²) in [7, 11) is 0. The minimum Gasteiger partial charge on any atom is -0.386 e. The molecule has 0 aliphatic heterocycles. The van der Waals surface area contributed by atoms with E-state index in [2.05, 4.69) is 11.9 Å². The second kappa shape index (κ2) is 6.39. The van der Waals surface area contributed by atoms with Gasteiger partial charge in [-0.15, -0.1) is 6.58 Å². The molecule has 4 nitrogen and oxygen atoms in total. The highest BCUT2D eigenvalue weighted by Crippen LogP contribution is 2.27. The van der Waals surface area contributed by atoms with Gasteiger partial charge in [-0.3, -0.25) is 4.79 Å². The van der Waals surface area contributed by atoms with Crippen LogP contribution in [0.25, 0.3) is 0 Å². The minimum atomic E-state index is -1.28. The first kappa shape index (κ1) is 16.7. The van der Waals surface area contributed by atoms with Gasteiger partial charge in [0.25, 0.3) is 0 Å². The van der Waals surface area contributed by atoms with Crippen molar-refractivity contribution >= 4 is 17.5 Å². The number of carbonyl (C=O) groups excluding carboxylic acids is 1. The van der Waals surface area contributed by atoms with Gasteiger partial charge in [-0.1, -0.05) is 35.9 Å². The Balaban J connectivity index is 2.67. The van der Waals surface area contributed by atoms with E-state index in [0.717, 1.165) is 0 Å². The minimum absolute atomic E-state index is 0.00277. The summed E-state index contributed by atoms with van der Waals surface area (Å²) >= 11 is 6.03. The van der Waals surface area contributed by atoms with Crippen LogP contribution in [0.4, 0.5) is 0 Å². The highest BCUT2D eigenvalue weighted by atomic mass is 35.5. The molecule has 0 aromatic heterocycles. The second-order valence-corrected chi connectivity index (χ2v) is 5.68. The fraction of sp³-hybridized carbons (Fsp3) is 0.400. The van der Waals surface area contributed by atoms with E-state index in [1.165, 1.54) is 13.0 Å². The lowest BCUT2D eigenvalue weighted by Gasteiger charge is -2.26. The molecule has 0 saturated heterocycles. The van der Waals surface area contributed by atoms with Gasteiger partial charge in [-0.25, -0.2) is 0 Å². The van der Waals surface area contributed by atoms with Crippen LogP contribution in [-0.2, 0) is 10.4 Å². The zero-order valence-corrected chi connectivity index (χ0v) is 12.4. The first-order valence-electron chi connectivity index (χ1n) is 6.28. The Morgan fingerprint density at radius 3 is 2.55 bits per heavy atom. The standard InChI is InChI=1S/C15H20ClNO3/c1-4-14(2,19)9-13(18)17-10-15(3,20)11-7-5-6-8-12(11)16/h4-8,19-20H,1,9-10H2,2-3H3,(H,17,18)/t14-,15-/m1/s1. The van der Waals surface area contributed by atoms with E-state index in [-0.39, 0.29) is 18.9 Å². The average molecular weight is 298 g/mol. The third-order valence-corrected chi connectivity index (χ3v) is 3.37. The number of amides is 1. The van der Waals surface area contributed by atoms with Gasteiger partial charge in [-0.05, 0) is 19.9 Å². The Hall–Kier alpha value is -1.36. The molecule has 0 heterocycles. The van der Waals surface area contributed by atoms with E-state index in [1.54, 1.807) is 31.2 Å². The zero-order chi connectivity index (χ0) is 15.4. The number of carbonyl (C=O) groups is 1. The van der Waals surface area contributed by atoms with Crippen molar-refractivity contribution in [3.8, 4) is 0 Å². The van der Waals surface area contributed by atoms with E-state index in [0.29, 0.717) is 10.6 Å². The summed E-state index contributed by atoms with van der Waals surface area (Å²) in [5, 5.41) is 23.1. The molecule has 0 spiro atoms. The molecule has 110 valence electrons. The van der Waals surface area contributed by atoms with Gasteiger partial charge in [0.15, 0.2) is 0 Å². The van der Waals surface area contributed by atoms with Crippen molar-refractivity contribution in [2.24, 2.45) is 0 Å². The quantitative estimate of drug-likeness (QED) is 0.703. The van der Waals surface area contributed by atoms with E-state index in [1.807, 2.05) is 0 Å². The largest absolute Gasteiger partial charge is 0.386 e. The molecule has 1 amide bonds. The predicted molar refractivity (Wildman–Crippen MR) is 79.5 cm³/mol. The molecule has 20 heavy (non-hydrogen) atoms. The summed E-state index contributed by atoms with van der Waals surface area (Å²) in [4.78, 5) is 11.7. The number of hydrogen-bond donors (Lipinski definition) is 3. The maximum atomic E-state index is 11.7. The molecule has 1 rings (SSSR count). The third kappa shape index (κ3) is 4.63. The van der Waals surface area contributed by atoms with Crippen LogP contribution >= 0.6 is 11.6 Å². The topological polar surface area (TPSA) is 69.6 Å². The SMILES string of the molecule is C=C[C@@](C)(O)CC(=O)NC[C@@](C)(O)c1ccccc1Cl. The first-order chi connectivity index (χ1) is 9.18. The van der Waals surface area contributed by atoms with Gasteiger partial charge in [0, 0.05) is 10.6 Å². The average Bonchev–Trinajstić information content (AvgIpc) is 2.36. The van der Waals surface area contributed by atoms with Crippen LogP contribution in [0.5, 0.6) is 0 Å². The number of benzene rings is 1. The summed E-state index contributed by atoms with van der Waals surface area (Å²) < 4.78 is 0. The van der Waals surface area contributed by atoms with Crippen LogP contribution in [-0.4, -0.2) is 28.3 Å². The van der Waals surface area contributed by atoms with E-state index in [4.69, 9.17) is 11.6 Å². The molecule has 0 aliphatic rings. The van der Waals surface area contributed by atoms with Crippen molar-refractivity contribution in [2.45, 2.75) is 31.5 Å². The maximum absolute atomic E-state index is 11.7. The lowest BCUT2D eigenvalue weighted by Crippen LogP contribution is -2.41. The number of nitrogens with one attached hydrogen (secondary N) is 1. The molecule has 0 radical (unpaired) electrons. The van der Waals surface area contributed by atoms with Gasteiger partial charge >= 0.3 is 0 Å². The fourth-order valence-corrected chi connectivity index (χ4v) is 2.06. The van der Waals surface area contributed by atoms with Crippen LogP contribution in [0.15, 0.2) is 36.9 Å². The van der Waals surface area contributed by atoms with Gasteiger partial charge in [0.2, 0.25) is 5.91 Å². The first-order valence-corrected chi connectivity index (χ1v) is 6.66. The van der Waals surface area contributed by atoms with Gasteiger partial charge in [0.05, 0.1) is 18.6 Å². The molecule has 0 aliphatic carbocycles. The van der Waals surface area contributed by atoms with Crippen LogP contribution in [0.3, 0.4) is 0 Å². The van der Waals surface area contributed by atoms with Crippen molar-refractivity contribution in [3.05, 3.63) is 47.5 Å². The smallest absolute Gasteiger partial charge is 0.223 e. The molecule has 1 aromatic carbocycles. The number of hydrogen-bond acceptors (Lipinski definition) is 3. The Bertz CT molecular complexity index is 498. The number of rotatable bonds is 6. The van der Waals surface area contributed by atoms with Crippen molar-refractivity contribution in [1.29, 1.82) is 0 Å². The number of halogens is 1. The molecular formula is C15H20ClNO3. The van der Waals surface area contributed by atoms with E-state index < -0.39 is 11.2 Å². The molecule has 3 N–H and O–H groups in total. The monoisotopic (exact) mass is 297 g/mol. The van der Waals surface area contributed by atoms with Gasteiger partial charge < -0.3 is 15.5 Å². The summed E-state index contributed by atoms with van der Waals surface area (Å²) in [6.07, 6.45) is 1.19. The van der Waals surface area contributed by atoms with Crippen molar-refractivity contribution < 1.29 is 15.0 Å². The summed E-state index contributed by atoms with van der Waals surface area (Å²) in [5.41, 5.74) is -2.01. The van der Waals surface area contributed by atoms with E-state index in [9.17, 15) is 15.0 Å². The Morgan fingerprint density at radius 1 is 1.40 bits per heavy atom. The van der Waals surface area contributed by atoms with E-state index >= 15 is 0 Å². The Kier molecular flexibility index (Phi) is 5.34. The molecule has 0 fully saturated rings. The Morgan fingerprint density at radius 2 is 2.00 bits per heavy atom. The Labute approximate surface area is 124 Å². The van der Waals surface area contributed by atoms with Crippen LogP contribution < -0.4 is 5.32 Å². The highest BCUT2D eigenvalue weighted by molar-refractivity contribution is 6.31. The van der Waals surface area contributed by atoms with Gasteiger partial charge in [-0.2, -0.15) is 0 Å². The highest BCUT2D eigenvalue weighted by Gasteiger charge is 2.27. The third-order valence-electron chi connectivity index (χ3n) is 3.04. The van der Waals surface area contributed by atoms with Crippen LogP contribution in [0, 0.1) is 0 Å². The maximum Gasteiger partial charge on any atom is 0.223 e. The van der Waals surface area contributed by atoms with Crippen molar-refractivity contribution in [1.82, 2.24) is 5.32 Å². The molecule has 2 atom stereocenters. The molecule has 0 unspecified atom stereocenters. The fourth-order valence-electron chi connectivity index (χ4n) is 1.72. The lowest BCUT2D eigenvalue weighted by atomic mass is 9.95. The zero-order valence-electron chi connectivity index (χ0n) is 11.7. The molecule has 0 bridgehead atoms. The predicted octanol–water partition coefficient (Wildman–Crippen LogP) is 1.99. The second-order valence-electron chi connectivity index (χ2n) is 5.27. The van der Waals surface area contributed by atoms with Crippen LogP contribution in [0.1, 0.15) is 25.8 Å². The molecular weight excluding hydrogens is 278 g/mol. The molecule has 0 saturated carbocycles. The summed E-state index contributed by atoms with van der Waals surface area (Å²) in [6.45, 7) is 6.52. The summed E-state index contributed by atoms with van der Waals surface area (Å²) in [5.74, 6) is -0.373. The van der Waals surface area contributed by atoms with Crippen molar-refractivity contribution in [3.63, 3.8) is 0 Å². The summed E-state index contributed by atoms with van der Waals surface area (Å²) in [6, 6.07) is 6.91. The lowest BCUT2D eigenvalue weighted by molar-refractivity contribution is -0.125. The number of aliphatic hydroxyl groups is 2.